The first-order chi connectivity index (χ1) is 17.9. The van der Waals surface area contributed by atoms with Gasteiger partial charge < -0.3 is 14.6 Å². The molecule has 1 heterocycles. The van der Waals surface area contributed by atoms with E-state index in [0.29, 0.717) is 29.7 Å². The van der Waals surface area contributed by atoms with Crippen molar-refractivity contribution in [3.8, 4) is 5.75 Å². The summed E-state index contributed by atoms with van der Waals surface area (Å²) in [7, 11) is 0. The van der Waals surface area contributed by atoms with Crippen LogP contribution in [0.15, 0.2) is 66.7 Å². The highest BCUT2D eigenvalue weighted by atomic mass is 35.5. The van der Waals surface area contributed by atoms with E-state index in [0.717, 1.165) is 54.8 Å². The largest absolute Gasteiger partial charge is 0.491 e. The summed E-state index contributed by atoms with van der Waals surface area (Å²) in [4.78, 5) is 17.2. The third kappa shape index (κ3) is 7.14. The van der Waals surface area contributed by atoms with Gasteiger partial charge in [-0.3, -0.25) is 4.79 Å². The molecule has 6 heteroatoms. The van der Waals surface area contributed by atoms with Crippen LogP contribution in [0.1, 0.15) is 66.3 Å². The monoisotopic (exact) mass is 517 g/mol. The summed E-state index contributed by atoms with van der Waals surface area (Å²) in [5, 5.41) is 3.55. The Morgan fingerprint density at radius 1 is 1.03 bits per heavy atom. The van der Waals surface area contributed by atoms with Crippen LogP contribution in [0.2, 0.25) is 5.02 Å². The van der Waals surface area contributed by atoms with Crippen molar-refractivity contribution in [2.75, 3.05) is 13.2 Å². The van der Waals surface area contributed by atoms with Crippen LogP contribution < -0.4 is 10.1 Å². The number of aryl methyl sites for hydroxylation is 2. The summed E-state index contributed by atoms with van der Waals surface area (Å²) in [5.41, 5.74) is 5.20. The van der Waals surface area contributed by atoms with Crippen LogP contribution in [0.25, 0.3) is 11.0 Å². The molecule has 0 saturated heterocycles. The Hall–Kier alpha value is -3.31. The number of carbonyl (C=O) groups excluding carboxylic acids is 1. The average Bonchev–Trinajstić information content (AvgIpc) is 3.23. The van der Waals surface area contributed by atoms with Crippen molar-refractivity contribution in [3.05, 3.63) is 94.3 Å². The Balaban J connectivity index is 1.31. The molecule has 0 fully saturated rings. The number of para-hydroxylation sites is 2. The maximum Gasteiger partial charge on any atom is 0.251 e. The molecule has 4 rings (SSSR count). The van der Waals surface area contributed by atoms with E-state index in [9.17, 15) is 4.79 Å². The Kier molecular flexibility index (Phi) is 9.24. The lowest BCUT2D eigenvalue weighted by atomic mass is 10.0. The molecule has 1 aromatic heterocycles. The maximum absolute atomic E-state index is 12.3. The highest BCUT2D eigenvalue weighted by Gasteiger charge is 2.12. The zero-order valence-corrected chi connectivity index (χ0v) is 22.7. The number of benzene rings is 3. The van der Waals surface area contributed by atoms with Crippen molar-refractivity contribution in [2.45, 2.75) is 58.9 Å². The molecule has 0 aliphatic heterocycles. The number of amides is 1. The fraction of sp³-hybridized carbons (Fsp3) is 0.355. The summed E-state index contributed by atoms with van der Waals surface area (Å²) in [6.45, 7) is 8.47. The van der Waals surface area contributed by atoms with Crippen LogP contribution in [0, 0.1) is 6.92 Å². The smallest absolute Gasteiger partial charge is 0.251 e. The number of nitrogens with one attached hydrogen (secondary N) is 1. The van der Waals surface area contributed by atoms with E-state index < -0.39 is 0 Å². The Labute approximate surface area is 224 Å². The van der Waals surface area contributed by atoms with E-state index in [4.69, 9.17) is 21.3 Å². The van der Waals surface area contributed by atoms with Gasteiger partial charge in [-0.05, 0) is 73.2 Å². The lowest BCUT2D eigenvalue weighted by molar-refractivity contribution is 0.0953. The maximum atomic E-state index is 12.3. The number of unbranched alkanes of at least 4 members (excludes halogenated alkanes) is 2. The van der Waals surface area contributed by atoms with Crippen LogP contribution in [0.4, 0.5) is 0 Å². The Bertz CT molecular complexity index is 1350. The van der Waals surface area contributed by atoms with Crippen LogP contribution in [0.5, 0.6) is 5.75 Å². The first kappa shape index (κ1) is 26.7. The number of carbonyl (C=O) groups is 1. The molecule has 0 unspecified atom stereocenters. The second-order valence-corrected chi connectivity index (χ2v) is 10.2. The molecular weight excluding hydrogens is 482 g/mol. The standard InChI is InChI=1S/C31H36ClN3O2/c1-22(2)26-16-15-23(3)20-29(26)37-19-18-35-28-13-7-6-12-27(28)34-30(35)14-5-4-8-17-33-31(36)24-10-9-11-25(32)21-24/h6-7,9-13,15-16,20-22H,4-5,8,14,17-19H2,1-3H3,(H,33,36). The molecular formula is C31H36ClN3O2. The van der Waals surface area contributed by atoms with Crippen molar-refractivity contribution < 1.29 is 9.53 Å². The van der Waals surface area contributed by atoms with Crippen molar-refractivity contribution in [1.29, 1.82) is 0 Å². The number of aromatic nitrogens is 2. The zero-order valence-electron chi connectivity index (χ0n) is 22.0. The van der Waals surface area contributed by atoms with Crippen LogP contribution in [-0.2, 0) is 13.0 Å². The number of hydrogen-bond donors (Lipinski definition) is 1. The molecule has 1 N–H and O–H groups in total. The summed E-state index contributed by atoms with van der Waals surface area (Å²) >= 11 is 5.98. The lowest BCUT2D eigenvalue weighted by Gasteiger charge is -2.16. The van der Waals surface area contributed by atoms with Gasteiger partial charge in [0.15, 0.2) is 0 Å². The molecule has 0 saturated carbocycles. The van der Waals surface area contributed by atoms with Gasteiger partial charge in [0.1, 0.15) is 18.2 Å². The third-order valence-corrected chi connectivity index (χ3v) is 6.78. The second-order valence-electron chi connectivity index (χ2n) is 9.79. The molecule has 194 valence electrons. The van der Waals surface area contributed by atoms with Gasteiger partial charge in [-0.15, -0.1) is 0 Å². The molecule has 0 aliphatic rings. The molecule has 0 bridgehead atoms. The predicted molar refractivity (Wildman–Crippen MR) is 152 cm³/mol. The molecule has 5 nitrogen and oxygen atoms in total. The highest BCUT2D eigenvalue weighted by Crippen LogP contribution is 2.28. The second kappa shape index (κ2) is 12.8. The molecule has 0 atom stereocenters. The van der Waals surface area contributed by atoms with E-state index in [2.05, 4.69) is 67.1 Å². The number of fused-ring (bicyclic) bond motifs is 1. The summed E-state index contributed by atoms with van der Waals surface area (Å²) in [5.74, 6) is 2.39. The Morgan fingerprint density at radius 2 is 1.86 bits per heavy atom. The zero-order chi connectivity index (χ0) is 26.2. The number of halogens is 1. The van der Waals surface area contributed by atoms with Crippen molar-refractivity contribution in [1.82, 2.24) is 14.9 Å². The van der Waals surface area contributed by atoms with Crippen molar-refractivity contribution in [2.24, 2.45) is 0 Å². The predicted octanol–water partition coefficient (Wildman–Crippen LogP) is 7.34. The van der Waals surface area contributed by atoms with Gasteiger partial charge in [0.25, 0.3) is 5.91 Å². The first-order valence-electron chi connectivity index (χ1n) is 13.1. The van der Waals surface area contributed by atoms with Crippen molar-refractivity contribution >= 4 is 28.5 Å². The minimum atomic E-state index is -0.0847. The normalized spacial score (nSPS) is 11.3. The van der Waals surface area contributed by atoms with Gasteiger partial charge in [0, 0.05) is 23.6 Å². The molecule has 1 amide bonds. The van der Waals surface area contributed by atoms with Crippen LogP contribution in [0.3, 0.4) is 0 Å². The van der Waals surface area contributed by atoms with E-state index in [1.165, 1.54) is 11.1 Å². The van der Waals surface area contributed by atoms with Gasteiger partial charge in [0.2, 0.25) is 0 Å². The van der Waals surface area contributed by atoms with E-state index >= 15 is 0 Å². The topological polar surface area (TPSA) is 56.1 Å². The van der Waals surface area contributed by atoms with Gasteiger partial charge in [0.05, 0.1) is 17.6 Å². The number of rotatable bonds is 12. The molecule has 0 spiro atoms. The fourth-order valence-corrected chi connectivity index (χ4v) is 4.77. The average molecular weight is 518 g/mol. The minimum Gasteiger partial charge on any atom is -0.491 e. The Morgan fingerprint density at radius 3 is 2.68 bits per heavy atom. The van der Waals surface area contributed by atoms with Crippen LogP contribution in [-0.4, -0.2) is 28.6 Å². The quantitative estimate of drug-likeness (QED) is 0.200. The summed E-state index contributed by atoms with van der Waals surface area (Å²) in [6.07, 6.45) is 3.82. The van der Waals surface area contributed by atoms with E-state index in [1.54, 1.807) is 24.3 Å². The van der Waals surface area contributed by atoms with E-state index in [-0.39, 0.29) is 5.91 Å². The summed E-state index contributed by atoms with van der Waals surface area (Å²) in [6, 6.07) is 21.8. The van der Waals surface area contributed by atoms with Crippen molar-refractivity contribution in [3.63, 3.8) is 0 Å². The number of ether oxygens (including phenoxy) is 1. The van der Waals surface area contributed by atoms with Gasteiger partial charge >= 0.3 is 0 Å². The molecule has 0 radical (unpaired) electrons. The molecule has 37 heavy (non-hydrogen) atoms. The van der Waals surface area contributed by atoms with Crippen LogP contribution >= 0.6 is 11.6 Å². The third-order valence-electron chi connectivity index (χ3n) is 6.55. The van der Waals surface area contributed by atoms with E-state index in [1.807, 2.05) is 6.07 Å². The lowest BCUT2D eigenvalue weighted by Crippen LogP contribution is -2.24. The number of nitrogens with zero attached hydrogens (tertiary/aromatic N) is 2. The first-order valence-corrected chi connectivity index (χ1v) is 13.5. The van der Waals surface area contributed by atoms with Gasteiger partial charge in [-0.1, -0.05) is 62.2 Å². The van der Waals surface area contributed by atoms with Gasteiger partial charge in [-0.2, -0.15) is 0 Å². The summed E-state index contributed by atoms with van der Waals surface area (Å²) < 4.78 is 8.58. The number of imidazole rings is 1. The van der Waals surface area contributed by atoms with Gasteiger partial charge in [-0.25, -0.2) is 4.98 Å². The fourth-order valence-electron chi connectivity index (χ4n) is 4.57. The number of hydrogen-bond acceptors (Lipinski definition) is 3. The minimum absolute atomic E-state index is 0.0847. The SMILES string of the molecule is Cc1ccc(C(C)C)c(OCCn2c(CCCCCNC(=O)c3cccc(Cl)c3)nc3ccccc32)c1. The molecule has 3 aromatic carbocycles. The molecule has 0 aliphatic carbocycles. The molecule has 4 aromatic rings. The highest BCUT2D eigenvalue weighted by molar-refractivity contribution is 6.30.